The zero-order valence-electron chi connectivity index (χ0n) is 20.4. The number of aromatic nitrogens is 1. The second kappa shape index (κ2) is 11.9. The molecule has 0 aliphatic heterocycles. The van der Waals surface area contributed by atoms with Crippen LogP contribution in [-0.4, -0.2) is 37.2 Å². The number of benzene rings is 2. The molecule has 0 bridgehead atoms. The van der Waals surface area contributed by atoms with Gasteiger partial charge in [0.15, 0.2) is 11.5 Å². The molecule has 3 aromatic rings. The summed E-state index contributed by atoms with van der Waals surface area (Å²) in [4.78, 5) is 16.5. The standard InChI is InChI=1S/C26H31ClFN3O4/c1-26(2,3)9-12-30-25(32)31-20-7-6-17(14-19(20)28)35-22-8-11-29-21-16-24(34-13-5-10-27)23(33-4)15-18(21)22/h6-8,11,14-16H,5,9-10,12-13H2,1-4H3,(H2,30,31,32). The average Bonchev–Trinajstić information content (AvgIpc) is 2.80. The number of methoxy groups -OCH3 is 1. The Kier molecular flexibility index (Phi) is 8.98. The van der Waals surface area contributed by atoms with Crippen molar-refractivity contribution >= 4 is 34.2 Å². The highest BCUT2D eigenvalue weighted by atomic mass is 35.5. The average molecular weight is 504 g/mol. The van der Waals surface area contributed by atoms with Gasteiger partial charge in [0.1, 0.15) is 17.3 Å². The van der Waals surface area contributed by atoms with Crippen LogP contribution in [-0.2, 0) is 0 Å². The molecule has 0 aliphatic carbocycles. The Labute approximate surface area is 209 Å². The topological polar surface area (TPSA) is 81.7 Å². The van der Waals surface area contributed by atoms with Gasteiger partial charge in [0, 0.05) is 36.1 Å². The van der Waals surface area contributed by atoms with Gasteiger partial charge < -0.3 is 24.8 Å². The fourth-order valence-electron chi connectivity index (χ4n) is 3.23. The van der Waals surface area contributed by atoms with Crippen LogP contribution in [0.3, 0.4) is 0 Å². The molecule has 2 aromatic carbocycles. The van der Waals surface area contributed by atoms with Crippen LogP contribution in [0.25, 0.3) is 10.9 Å². The molecule has 2 amide bonds. The number of ether oxygens (including phenoxy) is 3. The molecule has 188 valence electrons. The van der Waals surface area contributed by atoms with Crippen LogP contribution in [0.5, 0.6) is 23.0 Å². The lowest BCUT2D eigenvalue weighted by molar-refractivity contribution is 0.250. The SMILES string of the molecule is COc1cc2c(Oc3ccc(NC(=O)NCCC(C)(C)C)c(F)c3)ccnc2cc1OCCCCl. The minimum absolute atomic E-state index is 0.0607. The van der Waals surface area contributed by atoms with E-state index in [9.17, 15) is 9.18 Å². The number of nitrogens with zero attached hydrogens (tertiary/aromatic N) is 1. The number of rotatable bonds is 10. The first-order valence-corrected chi connectivity index (χ1v) is 11.9. The number of halogens is 2. The summed E-state index contributed by atoms with van der Waals surface area (Å²) in [5.74, 6) is 1.71. The molecule has 0 unspecified atom stereocenters. The maximum Gasteiger partial charge on any atom is 0.319 e. The first-order valence-electron chi connectivity index (χ1n) is 11.4. The molecule has 0 radical (unpaired) electrons. The number of fused-ring (bicyclic) bond motifs is 1. The van der Waals surface area contributed by atoms with Gasteiger partial charge >= 0.3 is 6.03 Å². The minimum atomic E-state index is -0.612. The van der Waals surface area contributed by atoms with Gasteiger partial charge in [-0.1, -0.05) is 20.8 Å². The Bertz CT molecular complexity index is 1170. The highest BCUT2D eigenvalue weighted by molar-refractivity contribution is 6.17. The highest BCUT2D eigenvalue weighted by Gasteiger charge is 2.14. The van der Waals surface area contributed by atoms with Crippen LogP contribution in [0.2, 0.25) is 0 Å². The van der Waals surface area contributed by atoms with Crippen molar-refractivity contribution in [3.8, 4) is 23.0 Å². The maximum absolute atomic E-state index is 14.7. The number of alkyl halides is 1. The quantitative estimate of drug-likeness (QED) is 0.236. The van der Waals surface area contributed by atoms with E-state index in [0.29, 0.717) is 53.6 Å². The van der Waals surface area contributed by atoms with Crippen molar-refractivity contribution in [2.24, 2.45) is 5.41 Å². The molecule has 0 aliphatic rings. The van der Waals surface area contributed by atoms with E-state index in [1.54, 1.807) is 37.6 Å². The van der Waals surface area contributed by atoms with Gasteiger partial charge in [0.2, 0.25) is 0 Å². The highest BCUT2D eigenvalue weighted by Crippen LogP contribution is 2.37. The van der Waals surface area contributed by atoms with E-state index >= 15 is 0 Å². The van der Waals surface area contributed by atoms with Gasteiger partial charge in [-0.15, -0.1) is 11.6 Å². The molecule has 0 fully saturated rings. The minimum Gasteiger partial charge on any atom is -0.493 e. The van der Waals surface area contributed by atoms with Crippen molar-refractivity contribution in [3.05, 3.63) is 48.4 Å². The Morgan fingerprint density at radius 3 is 2.60 bits per heavy atom. The smallest absolute Gasteiger partial charge is 0.319 e. The molecule has 0 atom stereocenters. The molecule has 9 heteroatoms. The van der Waals surface area contributed by atoms with Crippen molar-refractivity contribution in [1.29, 1.82) is 0 Å². The van der Waals surface area contributed by atoms with Gasteiger partial charge in [-0.3, -0.25) is 4.98 Å². The molecule has 35 heavy (non-hydrogen) atoms. The largest absolute Gasteiger partial charge is 0.493 e. The number of hydrogen-bond acceptors (Lipinski definition) is 5. The zero-order chi connectivity index (χ0) is 25.4. The first-order chi connectivity index (χ1) is 16.7. The maximum atomic E-state index is 14.7. The van der Waals surface area contributed by atoms with E-state index in [2.05, 4.69) is 36.4 Å². The number of nitrogens with one attached hydrogen (secondary N) is 2. The Morgan fingerprint density at radius 2 is 1.91 bits per heavy atom. The zero-order valence-corrected chi connectivity index (χ0v) is 21.2. The number of carbonyl (C=O) groups is 1. The number of anilines is 1. The molecule has 7 nitrogen and oxygen atoms in total. The van der Waals surface area contributed by atoms with Gasteiger partial charge in [-0.2, -0.15) is 0 Å². The monoisotopic (exact) mass is 503 g/mol. The number of urea groups is 1. The van der Waals surface area contributed by atoms with Crippen LogP contribution in [0, 0.1) is 11.2 Å². The molecule has 2 N–H and O–H groups in total. The normalized spacial score (nSPS) is 11.3. The van der Waals surface area contributed by atoms with Gasteiger partial charge in [0.05, 0.1) is 24.9 Å². The van der Waals surface area contributed by atoms with Crippen LogP contribution in [0.1, 0.15) is 33.6 Å². The predicted octanol–water partition coefficient (Wildman–Crippen LogP) is 6.74. The molecular formula is C26H31ClFN3O4. The van der Waals surface area contributed by atoms with E-state index < -0.39 is 11.8 Å². The second-order valence-electron chi connectivity index (χ2n) is 9.16. The van der Waals surface area contributed by atoms with E-state index in [1.165, 1.54) is 12.1 Å². The number of amides is 2. The van der Waals surface area contributed by atoms with E-state index in [4.69, 9.17) is 25.8 Å². The first kappa shape index (κ1) is 26.3. The fraction of sp³-hybridized carbons (Fsp3) is 0.385. The van der Waals surface area contributed by atoms with Gasteiger partial charge in [0.25, 0.3) is 0 Å². The van der Waals surface area contributed by atoms with Crippen LogP contribution >= 0.6 is 11.6 Å². The fourth-order valence-corrected chi connectivity index (χ4v) is 3.34. The summed E-state index contributed by atoms with van der Waals surface area (Å²) in [7, 11) is 1.55. The van der Waals surface area contributed by atoms with E-state index in [1.807, 2.05) is 0 Å². The lowest BCUT2D eigenvalue weighted by Crippen LogP contribution is -2.31. The molecule has 0 spiro atoms. The predicted molar refractivity (Wildman–Crippen MR) is 137 cm³/mol. The number of carbonyl (C=O) groups excluding carboxylic acids is 1. The van der Waals surface area contributed by atoms with Crippen LogP contribution in [0.4, 0.5) is 14.9 Å². The Hall–Kier alpha value is -3.26. The van der Waals surface area contributed by atoms with Crippen LogP contribution < -0.4 is 24.8 Å². The summed E-state index contributed by atoms with van der Waals surface area (Å²) in [6.45, 7) is 7.21. The summed E-state index contributed by atoms with van der Waals surface area (Å²) in [6, 6.07) is 9.02. The summed E-state index contributed by atoms with van der Waals surface area (Å²) < 4.78 is 31.8. The number of pyridine rings is 1. The van der Waals surface area contributed by atoms with Crippen LogP contribution in [0.15, 0.2) is 42.6 Å². The molecule has 0 saturated heterocycles. The molecule has 1 aromatic heterocycles. The van der Waals surface area contributed by atoms with Crippen molar-refractivity contribution in [2.75, 3.05) is 31.5 Å². The molecule has 0 saturated carbocycles. The Morgan fingerprint density at radius 1 is 1.11 bits per heavy atom. The van der Waals surface area contributed by atoms with Gasteiger partial charge in [-0.25, -0.2) is 9.18 Å². The lowest BCUT2D eigenvalue weighted by Gasteiger charge is -2.18. The van der Waals surface area contributed by atoms with E-state index in [0.717, 1.165) is 6.42 Å². The second-order valence-corrected chi connectivity index (χ2v) is 9.53. The molecule has 1 heterocycles. The number of hydrogen-bond donors (Lipinski definition) is 2. The van der Waals surface area contributed by atoms with Gasteiger partial charge in [-0.05, 0) is 42.5 Å². The van der Waals surface area contributed by atoms with Crippen molar-refractivity contribution < 1.29 is 23.4 Å². The summed E-state index contributed by atoms with van der Waals surface area (Å²) in [5.41, 5.74) is 0.790. The summed E-state index contributed by atoms with van der Waals surface area (Å²) in [5, 5.41) is 5.94. The molecule has 3 rings (SSSR count). The third-order valence-electron chi connectivity index (χ3n) is 5.10. The third-order valence-corrected chi connectivity index (χ3v) is 5.37. The summed E-state index contributed by atoms with van der Waals surface area (Å²) >= 11 is 5.72. The van der Waals surface area contributed by atoms with E-state index in [-0.39, 0.29) is 16.9 Å². The lowest BCUT2D eigenvalue weighted by atomic mass is 9.92. The Balaban J connectivity index is 1.73. The van der Waals surface area contributed by atoms with Crippen molar-refractivity contribution in [1.82, 2.24) is 10.3 Å². The molecular weight excluding hydrogens is 473 g/mol. The summed E-state index contributed by atoms with van der Waals surface area (Å²) in [6.07, 6.45) is 3.11. The third kappa shape index (κ3) is 7.62. The van der Waals surface area contributed by atoms with Crippen molar-refractivity contribution in [2.45, 2.75) is 33.6 Å². The van der Waals surface area contributed by atoms with Crippen molar-refractivity contribution in [3.63, 3.8) is 0 Å².